The third-order valence-corrected chi connectivity index (χ3v) is 6.94. The molecular formula is C25H26N4O5S. The van der Waals surface area contributed by atoms with E-state index in [0.717, 1.165) is 16.1 Å². The number of aromatic nitrogens is 2. The average Bonchev–Trinajstić information content (AvgIpc) is 3.03. The summed E-state index contributed by atoms with van der Waals surface area (Å²) in [6, 6.07) is 19.7. The van der Waals surface area contributed by atoms with Crippen LogP contribution in [0, 0.1) is 0 Å². The van der Waals surface area contributed by atoms with Crippen LogP contribution in [-0.4, -0.2) is 35.8 Å². The molecule has 1 N–H and O–H groups in total. The fraction of sp³-hybridized carbons (Fsp3) is 0.200. The molecule has 0 unspecified atom stereocenters. The Morgan fingerprint density at radius 1 is 0.914 bits per heavy atom. The second-order valence-corrected chi connectivity index (χ2v) is 10.1. The number of aryl methyl sites for hydroxylation is 2. The molecule has 0 aliphatic rings. The van der Waals surface area contributed by atoms with Gasteiger partial charge in [-0.25, -0.2) is 13.2 Å². The summed E-state index contributed by atoms with van der Waals surface area (Å²) in [4.78, 5) is 25.2. The normalized spacial score (nSPS) is 12.3. The van der Waals surface area contributed by atoms with Crippen LogP contribution in [0.25, 0.3) is 11.0 Å². The predicted molar refractivity (Wildman–Crippen MR) is 137 cm³/mol. The predicted octanol–water partition coefficient (Wildman–Crippen LogP) is 3.46. The van der Waals surface area contributed by atoms with Crippen molar-refractivity contribution in [1.82, 2.24) is 9.13 Å². The van der Waals surface area contributed by atoms with Crippen molar-refractivity contribution in [3.05, 3.63) is 83.3 Å². The van der Waals surface area contributed by atoms with Crippen LogP contribution in [0.3, 0.4) is 0 Å². The minimum absolute atomic E-state index is 0.181. The molecule has 1 amide bonds. The highest BCUT2D eigenvalue weighted by atomic mass is 32.2. The van der Waals surface area contributed by atoms with Crippen LogP contribution < -0.4 is 20.0 Å². The number of hydrogen-bond acceptors (Lipinski definition) is 5. The van der Waals surface area contributed by atoms with Crippen molar-refractivity contribution in [1.29, 1.82) is 0 Å². The maximum Gasteiger partial charge on any atom is 0.328 e. The molecule has 1 aromatic heterocycles. The second-order valence-electron chi connectivity index (χ2n) is 8.24. The lowest BCUT2D eigenvalue weighted by Gasteiger charge is -2.28. The van der Waals surface area contributed by atoms with E-state index in [1.165, 1.54) is 16.1 Å². The molecule has 0 saturated heterocycles. The Hall–Kier alpha value is -4.05. The number of para-hydroxylation sites is 1. The number of nitrogens with zero attached hydrogens (tertiary/aromatic N) is 3. The van der Waals surface area contributed by atoms with Gasteiger partial charge >= 0.3 is 5.69 Å². The number of fused-ring (bicyclic) bond motifs is 1. The summed E-state index contributed by atoms with van der Waals surface area (Å²) in [6.07, 6.45) is 1.05. The third kappa shape index (κ3) is 4.92. The first kappa shape index (κ1) is 24.1. The average molecular weight is 495 g/mol. The van der Waals surface area contributed by atoms with Crippen molar-refractivity contribution in [2.75, 3.05) is 15.9 Å². The fourth-order valence-corrected chi connectivity index (χ4v) is 5.10. The van der Waals surface area contributed by atoms with Crippen molar-refractivity contribution in [2.24, 2.45) is 14.1 Å². The Kier molecular flexibility index (Phi) is 6.40. The zero-order valence-electron chi connectivity index (χ0n) is 19.8. The van der Waals surface area contributed by atoms with Gasteiger partial charge in [0, 0.05) is 19.8 Å². The number of benzene rings is 3. The standard InChI is InChI=1S/C25H26N4O5S/c1-17(24(30)26-18-10-15-22-23(16-18)28(3)25(31)27(22)2)29(35(4,32)33)19-11-13-21(14-12-19)34-20-8-6-5-7-9-20/h5-17H,1-4H3,(H,26,30)/t17-/m0/s1. The van der Waals surface area contributed by atoms with Crippen LogP contribution in [0.1, 0.15) is 6.92 Å². The topological polar surface area (TPSA) is 103 Å². The van der Waals surface area contributed by atoms with Gasteiger partial charge in [-0.2, -0.15) is 0 Å². The highest BCUT2D eigenvalue weighted by Gasteiger charge is 2.29. The van der Waals surface area contributed by atoms with Gasteiger partial charge in [-0.3, -0.25) is 18.2 Å². The Bertz CT molecular complexity index is 1540. The number of sulfonamides is 1. The molecule has 0 spiro atoms. The van der Waals surface area contributed by atoms with Gasteiger partial charge < -0.3 is 10.1 Å². The van der Waals surface area contributed by atoms with E-state index in [1.54, 1.807) is 56.6 Å². The molecule has 182 valence electrons. The van der Waals surface area contributed by atoms with Crippen molar-refractivity contribution in [2.45, 2.75) is 13.0 Å². The van der Waals surface area contributed by atoms with Gasteiger partial charge in [0.05, 0.1) is 23.0 Å². The molecule has 35 heavy (non-hydrogen) atoms. The number of imidazole rings is 1. The van der Waals surface area contributed by atoms with Gasteiger partial charge in [0.25, 0.3) is 0 Å². The molecule has 0 aliphatic heterocycles. The number of rotatable bonds is 7. The van der Waals surface area contributed by atoms with Crippen molar-refractivity contribution in [3.63, 3.8) is 0 Å². The summed E-state index contributed by atoms with van der Waals surface area (Å²) in [5.41, 5.74) is 1.97. The molecule has 0 fully saturated rings. The Labute approximate surface area is 203 Å². The molecule has 1 atom stereocenters. The van der Waals surface area contributed by atoms with Crippen molar-refractivity contribution >= 4 is 38.3 Å². The van der Waals surface area contributed by atoms with Gasteiger partial charge in [-0.15, -0.1) is 0 Å². The highest BCUT2D eigenvalue weighted by molar-refractivity contribution is 7.92. The molecule has 0 radical (unpaired) electrons. The minimum Gasteiger partial charge on any atom is -0.457 e. The summed E-state index contributed by atoms with van der Waals surface area (Å²) >= 11 is 0. The van der Waals surface area contributed by atoms with Crippen LogP contribution in [0.2, 0.25) is 0 Å². The summed E-state index contributed by atoms with van der Waals surface area (Å²) in [5.74, 6) is 0.674. The number of ether oxygens (including phenoxy) is 1. The van der Waals surface area contributed by atoms with Crippen LogP contribution in [0.5, 0.6) is 11.5 Å². The summed E-state index contributed by atoms with van der Waals surface area (Å²) in [7, 11) is -0.467. The zero-order valence-corrected chi connectivity index (χ0v) is 20.6. The highest BCUT2D eigenvalue weighted by Crippen LogP contribution is 2.27. The number of nitrogens with one attached hydrogen (secondary N) is 1. The van der Waals surface area contributed by atoms with Crippen molar-refractivity contribution < 1.29 is 17.9 Å². The molecule has 0 saturated carbocycles. The van der Waals surface area contributed by atoms with Crippen molar-refractivity contribution in [3.8, 4) is 11.5 Å². The Balaban J connectivity index is 1.56. The quantitative estimate of drug-likeness (QED) is 0.424. The van der Waals surface area contributed by atoms with Gasteiger partial charge in [0.15, 0.2) is 0 Å². The lowest BCUT2D eigenvalue weighted by molar-refractivity contribution is -0.116. The van der Waals surface area contributed by atoms with Crippen LogP contribution in [-0.2, 0) is 28.9 Å². The maximum absolute atomic E-state index is 13.1. The maximum atomic E-state index is 13.1. The number of anilines is 2. The van der Waals surface area contributed by atoms with Crippen LogP contribution >= 0.6 is 0 Å². The third-order valence-electron chi connectivity index (χ3n) is 5.70. The molecule has 4 aromatic rings. The minimum atomic E-state index is -3.79. The second kappa shape index (κ2) is 9.30. The van der Waals surface area contributed by atoms with Gasteiger partial charge in [0.2, 0.25) is 15.9 Å². The van der Waals surface area contributed by atoms with Gasteiger partial charge in [0.1, 0.15) is 17.5 Å². The van der Waals surface area contributed by atoms with E-state index >= 15 is 0 Å². The largest absolute Gasteiger partial charge is 0.457 e. The van der Waals surface area contributed by atoms with E-state index in [4.69, 9.17) is 4.74 Å². The Morgan fingerprint density at radius 3 is 2.14 bits per heavy atom. The fourth-order valence-electron chi connectivity index (χ4n) is 3.93. The molecule has 10 heteroatoms. The smallest absolute Gasteiger partial charge is 0.328 e. The molecular weight excluding hydrogens is 468 g/mol. The van der Waals surface area contributed by atoms with Crippen LogP contribution in [0.4, 0.5) is 11.4 Å². The van der Waals surface area contributed by atoms with E-state index in [-0.39, 0.29) is 5.69 Å². The van der Waals surface area contributed by atoms with E-state index in [2.05, 4.69) is 5.32 Å². The number of amides is 1. The zero-order chi connectivity index (χ0) is 25.3. The lowest BCUT2D eigenvalue weighted by atomic mass is 10.2. The number of carbonyl (C=O) groups is 1. The van der Waals surface area contributed by atoms with E-state index in [1.807, 2.05) is 30.3 Å². The van der Waals surface area contributed by atoms with E-state index in [9.17, 15) is 18.0 Å². The van der Waals surface area contributed by atoms with E-state index in [0.29, 0.717) is 28.4 Å². The van der Waals surface area contributed by atoms with Crippen LogP contribution in [0.15, 0.2) is 77.6 Å². The first-order chi connectivity index (χ1) is 16.6. The first-order valence-corrected chi connectivity index (χ1v) is 12.7. The molecule has 4 rings (SSSR count). The summed E-state index contributed by atoms with van der Waals surface area (Å²) < 4.78 is 35.1. The molecule has 9 nitrogen and oxygen atoms in total. The number of carbonyl (C=O) groups excluding carboxylic acids is 1. The lowest BCUT2D eigenvalue weighted by Crippen LogP contribution is -2.45. The number of hydrogen-bond donors (Lipinski definition) is 1. The monoisotopic (exact) mass is 494 g/mol. The SMILES string of the molecule is C[C@@H](C(=O)Nc1ccc2c(c1)n(C)c(=O)n2C)N(c1ccc(Oc2ccccc2)cc1)S(C)(=O)=O. The first-order valence-electron chi connectivity index (χ1n) is 10.8. The van der Waals surface area contributed by atoms with E-state index < -0.39 is 22.0 Å². The Morgan fingerprint density at radius 2 is 1.51 bits per heavy atom. The van der Waals surface area contributed by atoms with Gasteiger partial charge in [-0.1, -0.05) is 18.2 Å². The molecule has 0 bridgehead atoms. The summed E-state index contributed by atoms with van der Waals surface area (Å²) in [6.45, 7) is 1.52. The van der Waals surface area contributed by atoms with Gasteiger partial charge in [-0.05, 0) is 61.5 Å². The summed E-state index contributed by atoms with van der Waals surface area (Å²) in [5, 5.41) is 2.76. The molecule has 1 heterocycles. The molecule has 3 aromatic carbocycles. The molecule has 0 aliphatic carbocycles.